The SMILES string of the molecule is COC(=O)/C=C1/S/C(=N\N=Cc2ccc(OC)c(OCCC(C)C)c2)NC1=O. The lowest BCUT2D eigenvalue weighted by Crippen LogP contribution is -2.19. The number of nitrogens with zero attached hydrogens (tertiary/aromatic N) is 2. The predicted octanol–water partition coefficient (Wildman–Crippen LogP) is 2.73. The minimum Gasteiger partial charge on any atom is -0.493 e. The molecular formula is C19H23N3O5S. The van der Waals surface area contributed by atoms with E-state index in [1.807, 2.05) is 12.1 Å². The molecule has 1 N–H and O–H groups in total. The molecule has 1 aliphatic heterocycles. The van der Waals surface area contributed by atoms with Gasteiger partial charge >= 0.3 is 5.97 Å². The number of rotatable bonds is 8. The summed E-state index contributed by atoms with van der Waals surface area (Å²) in [5.74, 6) is 0.791. The van der Waals surface area contributed by atoms with E-state index >= 15 is 0 Å². The van der Waals surface area contributed by atoms with E-state index in [-0.39, 0.29) is 10.1 Å². The number of benzene rings is 1. The third-order valence-electron chi connectivity index (χ3n) is 3.60. The lowest BCUT2D eigenvalue weighted by molar-refractivity contribution is -0.135. The smallest absolute Gasteiger partial charge is 0.331 e. The van der Waals surface area contributed by atoms with Crippen molar-refractivity contribution in [1.82, 2.24) is 5.32 Å². The summed E-state index contributed by atoms with van der Waals surface area (Å²) in [6.07, 6.45) is 3.58. The lowest BCUT2D eigenvalue weighted by Gasteiger charge is -2.12. The first-order chi connectivity index (χ1) is 13.4. The molecule has 1 saturated heterocycles. The summed E-state index contributed by atoms with van der Waals surface area (Å²) in [7, 11) is 2.83. The van der Waals surface area contributed by atoms with Crippen molar-refractivity contribution < 1.29 is 23.8 Å². The van der Waals surface area contributed by atoms with Crippen LogP contribution in [0.25, 0.3) is 0 Å². The van der Waals surface area contributed by atoms with Crippen molar-refractivity contribution in [3.8, 4) is 11.5 Å². The van der Waals surface area contributed by atoms with Gasteiger partial charge in [0.25, 0.3) is 5.91 Å². The highest BCUT2D eigenvalue weighted by molar-refractivity contribution is 8.18. The summed E-state index contributed by atoms with van der Waals surface area (Å²) in [6, 6.07) is 5.43. The minimum atomic E-state index is -0.606. The molecule has 0 spiro atoms. The van der Waals surface area contributed by atoms with Gasteiger partial charge in [-0.1, -0.05) is 13.8 Å². The van der Waals surface area contributed by atoms with Crippen molar-refractivity contribution in [2.45, 2.75) is 20.3 Å². The second-order valence-corrected chi connectivity index (χ2v) is 7.21. The van der Waals surface area contributed by atoms with Crippen LogP contribution < -0.4 is 14.8 Å². The molecule has 150 valence electrons. The number of hydrogen-bond acceptors (Lipinski definition) is 8. The van der Waals surface area contributed by atoms with E-state index in [4.69, 9.17) is 9.47 Å². The van der Waals surface area contributed by atoms with Gasteiger partial charge in [0.2, 0.25) is 0 Å². The zero-order valence-corrected chi connectivity index (χ0v) is 17.0. The number of hydrogen-bond donors (Lipinski definition) is 1. The van der Waals surface area contributed by atoms with Gasteiger partial charge in [-0.2, -0.15) is 5.10 Å². The van der Waals surface area contributed by atoms with Crippen molar-refractivity contribution in [2.75, 3.05) is 20.8 Å². The summed E-state index contributed by atoms with van der Waals surface area (Å²) in [4.78, 5) is 23.2. The number of methoxy groups -OCH3 is 2. The maximum Gasteiger partial charge on any atom is 0.331 e. The average molecular weight is 405 g/mol. The van der Waals surface area contributed by atoms with Crippen molar-refractivity contribution in [1.29, 1.82) is 0 Å². The summed E-state index contributed by atoms with van der Waals surface area (Å²) in [6.45, 7) is 4.86. The van der Waals surface area contributed by atoms with Crippen molar-refractivity contribution in [3.63, 3.8) is 0 Å². The zero-order valence-electron chi connectivity index (χ0n) is 16.2. The highest BCUT2D eigenvalue weighted by Crippen LogP contribution is 2.28. The van der Waals surface area contributed by atoms with Gasteiger partial charge in [-0.05, 0) is 47.9 Å². The summed E-state index contributed by atoms with van der Waals surface area (Å²) < 4.78 is 15.6. The fraction of sp³-hybridized carbons (Fsp3) is 0.368. The van der Waals surface area contributed by atoms with Gasteiger partial charge in [0.1, 0.15) is 0 Å². The van der Waals surface area contributed by atoms with Gasteiger partial charge in [0.05, 0.1) is 31.9 Å². The molecule has 9 heteroatoms. The number of thioether (sulfide) groups is 1. The number of amides is 1. The third kappa shape index (κ3) is 6.41. The Bertz CT molecular complexity index is 818. The molecule has 0 aromatic heterocycles. The monoisotopic (exact) mass is 405 g/mol. The molecule has 1 heterocycles. The molecule has 28 heavy (non-hydrogen) atoms. The van der Waals surface area contributed by atoms with E-state index in [0.717, 1.165) is 29.8 Å². The molecule has 2 rings (SSSR count). The summed E-state index contributed by atoms with van der Waals surface area (Å²) in [5.41, 5.74) is 0.768. The topological polar surface area (TPSA) is 98.6 Å². The number of carbonyl (C=O) groups is 2. The number of nitrogens with one attached hydrogen (secondary N) is 1. The predicted molar refractivity (Wildman–Crippen MR) is 109 cm³/mol. The molecular weight excluding hydrogens is 382 g/mol. The van der Waals surface area contributed by atoms with Gasteiger partial charge in [-0.15, -0.1) is 5.10 Å². The Labute approximate surface area is 168 Å². The molecule has 0 atom stereocenters. The van der Waals surface area contributed by atoms with Gasteiger partial charge in [0, 0.05) is 6.08 Å². The highest BCUT2D eigenvalue weighted by Gasteiger charge is 2.25. The van der Waals surface area contributed by atoms with Crippen LogP contribution in [-0.2, 0) is 14.3 Å². The molecule has 1 aromatic rings. The van der Waals surface area contributed by atoms with Crippen molar-refractivity contribution in [2.24, 2.45) is 16.1 Å². The van der Waals surface area contributed by atoms with Crippen LogP contribution in [0.15, 0.2) is 39.4 Å². The Hall–Kier alpha value is -2.81. The fourth-order valence-electron chi connectivity index (χ4n) is 2.08. The number of carbonyl (C=O) groups excluding carboxylic acids is 2. The maximum atomic E-state index is 11.8. The third-order valence-corrected chi connectivity index (χ3v) is 4.50. The first kappa shape index (κ1) is 21.5. The average Bonchev–Trinajstić information content (AvgIpc) is 3.00. The fourth-order valence-corrected chi connectivity index (χ4v) is 2.82. The molecule has 1 aromatic carbocycles. The van der Waals surface area contributed by atoms with E-state index in [2.05, 4.69) is 34.1 Å². The Morgan fingerprint density at radius 3 is 2.75 bits per heavy atom. The standard InChI is InChI=1S/C19H23N3O5S/c1-12(2)7-8-27-15-9-13(5-6-14(15)25-3)11-20-22-19-21-18(24)16(28-19)10-17(23)26-4/h5-6,9-12H,7-8H2,1-4H3,(H,21,22,24)/b16-10+,20-11?. The molecule has 0 unspecified atom stereocenters. The van der Waals surface area contributed by atoms with Gasteiger partial charge in [-0.3, -0.25) is 10.1 Å². The van der Waals surface area contributed by atoms with Crippen molar-refractivity contribution in [3.05, 3.63) is 34.7 Å². The van der Waals surface area contributed by atoms with Crippen LogP contribution in [0.3, 0.4) is 0 Å². The Kier molecular flexibility index (Phi) is 8.06. The molecule has 1 amide bonds. The summed E-state index contributed by atoms with van der Waals surface area (Å²) in [5, 5.41) is 10.8. The molecule has 0 radical (unpaired) electrons. The number of ether oxygens (including phenoxy) is 3. The van der Waals surface area contributed by atoms with Crippen molar-refractivity contribution >= 4 is 35.0 Å². The molecule has 0 bridgehead atoms. The second-order valence-electron chi connectivity index (χ2n) is 6.18. The molecule has 1 fully saturated rings. The number of esters is 1. The minimum absolute atomic E-state index is 0.200. The Morgan fingerprint density at radius 2 is 2.07 bits per heavy atom. The van der Waals surface area contributed by atoms with E-state index in [1.54, 1.807) is 13.2 Å². The van der Waals surface area contributed by atoms with Crippen LogP contribution in [0.5, 0.6) is 11.5 Å². The Morgan fingerprint density at radius 1 is 1.29 bits per heavy atom. The lowest BCUT2D eigenvalue weighted by atomic mass is 10.1. The van der Waals surface area contributed by atoms with E-state index in [9.17, 15) is 9.59 Å². The highest BCUT2D eigenvalue weighted by atomic mass is 32.2. The van der Waals surface area contributed by atoms with Crippen LogP contribution in [-0.4, -0.2) is 44.1 Å². The van der Waals surface area contributed by atoms with Crippen LogP contribution in [0.1, 0.15) is 25.8 Å². The van der Waals surface area contributed by atoms with Gasteiger partial charge in [0.15, 0.2) is 16.7 Å². The molecule has 1 aliphatic rings. The molecule has 8 nitrogen and oxygen atoms in total. The van der Waals surface area contributed by atoms with E-state index < -0.39 is 11.9 Å². The first-order valence-electron chi connectivity index (χ1n) is 8.63. The van der Waals surface area contributed by atoms with Gasteiger partial charge < -0.3 is 14.2 Å². The first-order valence-corrected chi connectivity index (χ1v) is 9.45. The molecule has 0 saturated carbocycles. The van der Waals surface area contributed by atoms with Crippen LogP contribution >= 0.6 is 11.8 Å². The Balaban J connectivity index is 2.05. The van der Waals surface area contributed by atoms with Crippen LogP contribution in [0.2, 0.25) is 0 Å². The molecule has 0 aliphatic carbocycles. The summed E-state index contributed by atoms with van der Waals surface area (Å²) >= 11 is 1.01. The largest absolute Gasteiger partial charge is 0.493 e. The zero-order chi connectivity index (χ0) is 20.5. The quantitative estimate of drug-likeness (QED) is 0.309. The van der Waals surface area contributed by atoms with E-state index in [1.165, 1.54) is 13.3 Å². The maximum absolute atomic E-state index is 11.8. The van der Waals surface area contributed by atoms with E-state index in [0.29, 0.717) is 24.0 Å². The second kappa shape index (κ2) is 10.5. The normalized spacial score (nSPS) is 16.8. The van der Waals surface area contributed by atoms with Crippen LogP contribution in [0, 0.1) is 5.92 Å². The number of amidine groups is 1. The van der Waals surface area contributed by atoms with Gasteiger partial charge in [-0.25, -0.2) is 4.79 Å². The van der Waals surface area contributed by atoms with Crippen LogP contribution in [0.4, 0.5) is 0 Å².